The van der Waals surface area contributed by atoms with Gasteiger partial charge in [-0.05, 0) is 38.5 Å². The van der Waals surface area contributed by atoms with Gasteiger partial charge in [0.2, 0.25) is 0 Å². The topological polar surface area (TPSA) is 93.4 Å². The number of esters is 1. The smallest absolute Gasteiger partial charge is 0.328 e. The zero-order valence-corrected chi connectivity index (χ0v) is 12.2. The fourth-order valence-corrected chi connectivity index (χ4v) is 1.72. The average molecular weight is 279 g/mol. The van der Waals surface area contributed by atoms with Crippen molar-refractivity contribution in [2.24, 2.45) is 0 Å². The van der Waals surface area contributed by atoms with Crippen molar-refractivity contribution in [2.45, 2.75) is 32.4 Å². The quantitative estimate of drug-likeness (QED) is 0.573. The van der Waals surface area contributed by atoms with Gasteiger partial charge in [0.15, 0.2) is 0 Å². The molecule has 0 heterocycles. The van der Waals surface area contributed by atoms with Crippen molar-refractivity contribution in [1.29, 1.82) is 0 Å². The second kappa shape index (κ2) is 6.27. The van der Waals surface area contributed by atoms with Crippen LogP contribution in [0.2, 0.25) is 0 Å². The van der Waals surface area contributed by atoms with E-state index in [1.165, 1.54) is 7.11 Å². The summed E-state index contributed by atoms with van der Waals surface area (Å²) in [5, 5.41) is 5.32. The number of benzene rings is 1. The molecule has 1 atom stereocenters. The summed E-state index contributed by atoms with van der Waals surface area (Å²) < 4.78 is 4.55. The molecule has 1 aromatic carbocycles. The zero-order chi connectivity index (χ0) is 15.3. The fraction of sp³-hybridized carbons (Fsp3) is 0.429. The molecular weight excluding hydrogens is 258 g/mol. The first kappa shape index (κ1) is 15.8. The standard InChI is InChI=1S/C14H21N3O3/c1-9(12(18)20-4)16-13(19)17-14(2,3)10-5-7-11(15)8-6-10/h5-9H,15H2,1-4H3,(H2,16,17,19). The van der Waals surface area contributed by atoms with E-state index in [1.54, 1.807) is 19.1 Å². The maximum atomic E-state index is 11.9. The minimum Gasteiger partial charge on any atom is -0.467 e. The molecule has 0 aliphatic rings. The second-order valence-electron chi connectivity index (χ2n) is 5.09. The van der Waals surface area contributed by atoms with Crippen LogP contribution in [0.3, 0.4) is 0 Å². The number of rotatable bonds is 4. The number of carbonyl (C=O) groups excluding carboxylic acids is 2. The number of methoxy groups -OCH3 is 1. The van der Waals surface area contributed by atoms with Crippen molar-refractivity contribution in [2.75, 3.05) is 12.8 Å². The fourth-order valence-electron chi connectivity index (χ4n) is 1.72. The normalized spacial score (nSPS) is 12.4. The van der Waals surface area contributed by atoms with Crippen LogP contribution in [0.25, 0.3) is 0 Å². The van der Waals surface area contributed by atoms with Gasteiger partial charge in [0.25, 0.3) is 0 Å². The highest BCUT2D eigenvalue weighted by Gasteiger charge is 2.24. The summed E-state index contributed by atoms with van der Waals surface area (Å²) in [5.74, 6) is -0.495. The van der Waals surface area contributed by atoms with Crippen LogP contribution in [0.4, 0.5) is 10.5 Å². The molecule has 0 aromatic heterocycles. The number of anilines is 1. The van der Waals surface area contributed by atoms with E-state index in [2.05, 4.69) is 15.4 Å². The van der Waals surface area contributed by atoms with Crippen molar-refractivity contribution < 1.29 is 14.3 Å². The number of hydrogen-bond donors (Lipinski definition) is 3. The molecule has 0 bridgehead atoms. The van der Waals surface area contributed by atoms with Gasteiger partial charge in [-0.25, -0.2) is 9.59 Å². The minimum absolute atomic E-state index is 0.440. The summed E-state index contributed by atoms with van der Waals surface area (Å²) in [6.07, 6.45) is 0. The summed E-state index contributed by atoms with van der Waals surface area (Å²) in [6.45, 7) is 5.28. The molecule has 0 saturated carbocycles. The van der Waals surface area contributed by atoms with E-state index in [-0.39, 0.29) is 0 Å². The summed E-state index contributed by atoms with van der Waals surface area (Å²) >= 11 is 0. The molecule has 0 radical (unpaired) electrons. The lowest BCUT2D eigenvalue weighted by atomic mass is 9.94. The van der Waals surface area contributed by atoms with Gasteiger partial charge in [0.05, 0.1) is 12.6 Å². The number of hydrogen-bond acceptors (Lipinski definition) is 4. The molecular formula is C14H21N3O3. The van der Waals surface area contributed by atoms with Crippen LogP contribution >= 0.6 is 0 Å². The molecule has 0 fully saturated rings. The largest absolute Gasteiger partial charge is 0.467 e. The van der Waals surface area contributed by atoms with E-state index in [0.717, 1.165) is 5.56 Å². The lowest BCUT2D eigenvalue weighted by Crippen LogP contribution is -2.50. The maximum absolute atomic E-state index is 11.9. The molecule has 20 heavy (non-hydrogen) atoms. The van der Waals surface area contributed by atoms with Gasteiger partial charge in [0.1, 0.15) is 6.04 Å². The van der Waals surface area contributed by atoms with Crippen LogP contribution in [0.1, 0.15) is 26.3 Å². The molecule has 2 amide bonds. The molecule has 4 N–H and O–H groups in total. The van der Waals surface area contributed by atoms with E-state index >= 15 is 0 Å². The number of nitrogens with one attached hydrogen (secondary N) is 2. The van der Waals surface area contributed by atoms with Crippen LogP contribution < -0.4 is 16.4 Å². The molecule has 0 aliphatic carbocycles. The Hall–Kier alpha value is -2.24. The third-order valence-corrected chi connectivity index (χ3v) is 2.96. The van der Waals surface area contributed by atoms with Gasteiger partial charge in [-0.2, -0.15) is 0 Å². The van der Waals surface area contributed by atoms with Gasteiger partial charge in [-0.15, -0.1) is 0 Å². The van der Waals surface area contributed by atoms with E-state index in [9.17, 15) is 9.59 Å². The minimum atomic E-state index is -0.706. The lowest BCUT2D eigenvalue weighted by Gasteiger charge is -2.27. The van der Waals surface area contributed by atoms with Crippen molar-refractivity contribution in [3.05, 3.63) is 29.8 Å². The van der Waals surface area contributed by atoms with Crippen LogP contribution in [-0.4, -0.2) is 25.2 Å². The number of nitrogens with two attached hydrogens (primary N) is 1. The predicted octanol–water partition coefficient (Wildman–Crippen LogP) is 1.36. The van der Waals surface area contributed by atoms with Crippen LogP contribution in [0.15, 0.2) is 24.3 Å². The predicted molar refractivity (Wildman–Crippen MR) is 77.0 cm³/mol. The third kappa shape index (κ3) is 4.15. The molecule has 1 aromatic rings. The Labute approximate surface area is 118 Å². The first-order valence-electron chi connectivity index (χ1n) is 6.29. The highest BCUT2D eigenvalue weighted by Crippen LogP contribution is 2.20. The van der Waals surface area contributed by atoms with Gasteiger partial charge in [0, 0.05) is 5.69 Å². The SMILES string of the molecule is COC(=O)C(C)NC(=O)NC(C)(C)c1ccc(N)cc1. The molecule has 0 spiro atoms. The van der Waals surface area contributed by atoms with Crippen LogP contribution in [0.5, 0.6) is 0 Å². The molecule has 6 nitrogen and oxygen atoms in total. The maximum Gasteiger partial charge on any atom is 0.328 e. The molecule has 0 aliphatic heterocycles. The number of urea groups is 1. The first-order valence-corrected chi connectivity index (χ1v) is 6.29. The Morgan fingerprint density at radius 2 is 1.80 bits per heavy atom. The highest BCUT2D eigenvalue weighted by atomic mass is 16.5. The average Bonchev–Trinajstić information content (AvgIpc) is 2.37. The Morgan fingerprint density at radius 3 is 2.30 bits per heavy atom. The number of amides is 2. The summed E-state index contributed by atoms with van der Waals surface area (Å²) in [7, 11) is 1.27. The number of nitrogen functional groups attached to an aromatic ring is 1. The van der Waals surface area contributed by atoms with Crippen molar-refractivity contribution in [1.82, 2.24) is 10.6 Å². The second-order valence-corrected chi connectivity index (χ2v) is 5.09. The van der Waals surface area contributed by atoms with Crippen molar-refractivity contribution in [3.8, 4) is 0 Å². The van der Waals surface area contributed by atoms with Crippen molar-refractivity contribution >= 4 is 17.7 Å². The Balaban J connectivity index is 2.68. The van der Waals surface area contributed by atoms with E-state index < -0.39 is 23.6 Å². The Morgan fingerprint density at radius 1 is 1.25 bits per heavy atom. The van der Waals surface area contributed by atoms with Gasteiger partial charge in [-0.3, -0.25) is 0 Å². The number of ether oxygens (including phenoxy) is 1. The van der Waals surface area contributed by atoms with Gasteiger partial charge in [-0.1, -0.05) is 12.1 Å². The van der Waals surface area contributed by atoms with E-state index in [4.69, 9.17) is 5.73 Å². The summed E-state index contributed by atoms with van der Waals surface area (Å²) in [4.78, 5) is 23.1. The van der Waals surface area contributed by atoms with Crippen LogP contribution in [0, 0.1) is 0 Å². The first-order chi connectivity index (χ1) is 9.26. The summed E-state index contributed by atoms with van der Waals surface area (Å²) in [5.41, 5.74) is 6.62. The summed E-state index contributed by atoms with van der Waals surface area (Å²) in [6, 6.07) is 6.09. The molecule has 1 rings (SSSR count). The monoisotopic (exact) mass is 279 g/mol. The molecule has 0 saturated heterocycles. The third-order valence-electron chi connectivity index (χ3n) is 2.96. The zero-order valence-electron chi connectivity index (χ0n) is 12.2. The Kier molecular flexibility index (Phi) is 4.96. The Bertz CT molecular complexity index is 483. The van der Waals surface area contributed by atoms with Gasteiger partial charge >= 0.3 is 12.0 Å². The van der Waals surface area contributed by atoms with Gasteiger partial charge < -0.3 is 21.1 Å². The number of carbonyl (C=O) groups is 2. The molecule has 110 valence electrons. The molecule has 1 unspecified atom stereocenters. The van der Waals surface area contributed by atoms with E-state index in [0.29, 0.717) is 5.69 Å². The lowest BCUT2D eigenvalue weighted by molar-refractivity contribution is -0.142. The van der Waals surface area contributed by atoms with Crippen molar-refractivity contribution in [3.63, 3.8) is 0 Å². The van der Waals surface area contributed by atoms with E-state index in [1.807, 2.05) is 26.0 Å². The molecule has 6 heteroatoms. The highest BCUT2D eigenvalue weighted by molar-refractivity contribution is 5.83. The van der Waals surface area contributed by atoms with Crippen LogP contribution in [-0.2, 0) is 15.1 Å².